The van der Waals surface area contributed by atoms with Gasteiger partial charge in [-0.15, -0.1) is 10.2 Å². The van der Waals surface area contributed by atoms with E-state index in [9.17, 15) is 4.79 Å². The van der Waals surface area contributed by atoms with Gasteiger partial charge in [0.2, 0.25) is 0 Å². The normalized spacial score (nSPS) is 13.2. The molecule has 1 aromatic carbocycles. The Bertz CT molecular complexity index is 691. The molecule has 0 atom stereocenters. The molecule has 0 N–H and O–H groups in total. The van der Waals surface area contributed by atoms with Gasteiger partial charge >= 0.3 is 0 Å². The number of aromatic nitrogens is 3. The summed E-state index contributed by atoms with van der Waals surface area (Å²) in [5.74, 6) is 2.62. The van der Waals surface area contributed by atoms with Gasteiger partial charge in [-0.05, 0) is 44.5 Å². The molecule has 0 bridgehead atoms. The van der Waals surface area contributed by atoms with E-state index in [4.69, 9.17) is 4.74 Å². The van der Waals surface area contributed by atoms with Crippen molar-refractivity contribution in [3.63, 3.8) is 0 Å². The van der Waals surface area contributed by atoms with Crippen LogP contribution in [0.3, 0.4) is 0 Å². The van der Waals surface area contributed by atoms with E-state index in [-0.39, 0.29) is 12.0 Å². The molecule has 0 spiro atoms. The van der Waals surface area contributed by atoms with Gasteiger partial charge in [-0.25, -0.2) is 0 Å². The van der Waals surface area contributed by atoms with Crippen LogP contribution in [0.25, 0.3) is 0 Å². The van der Waals surface area contributed by atoms with Crippen molar-refractivity contribution in [3.8, 4) is 5.75 Å². The van der Waals surface area contributed by atoms with E-state index in [1.165, 1.54) is 0 Å². The van der Waals surface area contributed by atoms with Crippen molar-refractivity contribution in [1.82, 2.24) is 19.7 Å². The highest BCUT2D eigenvalue weighted by Crippen LogP contribution is 2.17. The van der Waals surface area contributed by atoms with Gasteiger partial charge in [0, 0.05) is 25.6 Å². The molecule has 0 aliphatic carbocycles. The van der Waals surface area contributed by atoms with E-state index in [1.807, 2.05) is 26.0 Å². The molecule has 2 heterocycles. The average molecular weight is 314 g/mol. The molecule has 1 amide bonds. The molecule has 122 valence electrons. The largest absolute Gasteiger partial charge is 0.491 e. The van der Waals surface area contributed by atoms with E-state index in [0.29, 0.717) is 12.1 Å². The van der Waals surface area contributed by atoms with E-state index < -0.39 is 0 Å². The second kappa shape index (κ2) is 6.40. The van der Waals surface area contributed by atoms with Crippen molar-refractivity contribution in [1.29, 1.82) is 0 Å². The maximum atomic E-state index is 12.5. The zero-order chi connectivity index (χ0) is 16.4. The van der Waals surface area contributed by atoms with Crippen molar-refractivity contribution in [2.75, 3.05) is 7.05 Å². The zero-order valence-electron chi connectivity index (χ0n) is 13.8. The summed E-state index contributed by atoms with van der Waals surface area (Å²) in [5.41, 5.74) is 0.643. The van der Waals surface area contributed by atoms with Crippen molar-refractivity contribution < 1.29 is 9.53 Å². The fourth-order valence-corrected chi connectivity index (χ4v) is 2.78. The molecule has 6 nitrogen and oxygen atoms in total. The Morgan fingerprint density at radius 2 is 2.04 bits per heavy atom. The Hall–Kier alpha value is -2.37. The highest BCUT2D eigenvalue weighted by molar-refractivity contribution is 5.94. The molecule has 23 heavy (non-hydrogen) atoms. The first-order chi connectivity index (χ1) is 11.0. The number of nitrogens with zero attached hydrogens (tertiary/aromatic N) is 4. The number of benzene rings is 1. The lowest BCUT2D eigenvalue weighted by atomic mass is 10.2. The lowest BCUT2D eigenvalue weighted by molar-refractivity contribution is 0.0780. The predicted octanol–water partition coefficient (Wildman–Crippen LogP) is 2.28. The van der Waals surface area contributed by atoms with Gasteiger partial charge in [0.05, 0.1) is 12.6 Å². The second-order valence-corrected chi connectivity index (χ2v) is 6.14. The Balaban J connectivity index is 1.67. The maximum Gasteiger partial charge on any atom is 0.254 e. The summed E-state index contributed by atoms with van der Waals surface area (Å²) in [5, 5.41) is 8.38. The minimum atomic E-state index is -0.0311. The van der Waals surface area contributed by atoms with Gasteiger partial charge in [-0.1, -0.05) is 0 Å². The highest BCUT2D eigenvalue weighted by atomic mass is 16.5. The Kier molecular flexibility index (Phi) is 4.32. The van der Waals surface area contributed by atoms with Gasteiger partial charge in [0.1, 0.15) is 11.6 Å². The van der Waals surface area contributed by atoms with Crippen LogP contribution in [0.15, 0.2) is 24.3 Å². The van der Waals surface area contributed by atoms with Gasteiger partial charge in [0.15, 0.2) is 5.82 Å². The van der Waals surface area contributed by atoms with Gasteiger partial charge in [-0.2, -0.15) is 0 Å². The van der Waals surface area contributed by atoms with Gasteiger partial charge in [-0.3, -0.25) is 4.79 Å². The fourth-order valence-electron chi connectivity index (χ4n) is 2.78. The molecule has 0 unspecified atom stereocenters. The summed E-state index contributed by atoms with van der Waals surface area (Å²) in [4.78, 5) is 14.2. The Morgan fingerprint density at radius 1 is 1.30 bits per heavy atom. The van der Waals surface area contributed by atoms with Crippen molar-refractivity contribution in [2.45, 2.75) is 45.9 Å². The van der Waals surface area contributed by atoms with Crippen LogP contribution in [0.2, 0.25) is 0 Å². The third kappa shape index (κ3) is 3.36. The highest BCUT2D eigenvalue weighted by Gasteiger charge is 2.20. The lowest BCUT2D eigenvalue weighted by Gasteiger charge is -2.17. The van der Waals surface area contributed by atoms with Gasteiger partial charge in [0.25, 0.3) is 5.91 Å². The van der Waals surface area contributed by atoms with Crippen LogP contribution in [-0.2, 0) is 19.5 Å². The van der Waals surface area contributed by atoms with E-state index in [2.05, 4.69) is 14.8 Å². The Morgan fingerprint density at radius 3 is 2.74 bits per heavy atom. The summed E-state index contributed by atoms with van der Waals surface area (Å²) in [6, 6.07) is 7.25. The van der Waals surface area contributed by atoms with Crippen molar-refractivity contribution >= 4 is 5.91 Å². The van der Waals surface area contributed by atoms with Crippen LogP contribution in [-0.4, -0.2) is 38.7 Å². The van der Waals surface area contributed by atoms with E-state index >= 15 is 0 Å². The van der Waals surface area contributed by atoms with Gasteiger partial charge < -0.3 is 14.2 Å². The number of fused-ring (bicyclic) bond motifs is 1. The predicted molar refractivity (Wildman–Crippen MR) is 86.3 cm³/mol. The summed E-state index contributed by atoms with van der Waals surface area (Å²) in [7, 11) is 1.79. The number of rotatable bonds is 5. The minimum Gasteiger partial charge on any atom is -0.491 e. The topological polar surface area (TPSA) is 60.2 Å². The number of amides is 1. The molecule has 0 saturated heterocycles. The van der Waals surface area contributed by atoms with Crippen LogP contribution in [0.1, 0.15) is 42.3 Å². The summed E-state index contributed by atoms with van der Waals surface area (Å²) < 4.78 is 7.71. The third-order valence-electron chi connectivity index (χ3n) is 3.88. The molecule has 3 rings (SSSR count). The Labute approximate surface area is 136 Å². The molecule has 0 radical (unpaired) electrons. The molecule has 1 aliphatic heterocycles. The van der Waals surface area contributed by atoms with Crippen LogP contribution in [0, 0.1) is 0 Å². The van der Waals surface area contributed by atoms with Crippen molar-refractivity contribution in [3.05, 3.63) is 41.5 Å². The minimum absolute atomic E-state index is 0.0311. The maximum absolute atomic E-state index is 12.5. The number of ether oxygens (including phenoxy) is 1. The van der Waals surface area contributed by atoms with E-state index in [1.54, 1.807) is 24.1 Å². The third-order valence-corrected chi connectivity index (χ3v) is 3.88. The average Bonchev–Trinajstić information content (AvgIpc) is 3.12. The number of carbonyl (C=O) groups excluding carboxylic acids is 1. The van der Waals surface area contributed by atoms with Crippen LogP contribution >= 0.6 is 0 Å². The first-order valence-electron chi connectivity index (χ1n) is 7.97. The van der Waals surface area contributed by atoms with E-state index in [0.717, 1.165) is 36.8 Å². The summed E-state index contributed by atoms with van der Waals surface area (Å²) >= 11 is 0. The molecular weight excluding hydrogens is 292 g/mol. The van der Waals surface area contributed by atoms with Crippen LogP contribution in [0.4, 0.5) is 0 Å². The second-order valence-electron chi connectivity index (χ2n) is 6.14. The fraction of sp³-hybridized carbons (Fsp3) is 0.471. The lowest BCUT2D eigenvalue weighted by Crippen LogP contribution is -2.27. The molecule has 1 aliphatic rings. The summed E-state index contributed by atoms with van der Waals surface area (Å²) in [6.45, 7) is 5.37. The molecule has 6 heteroatoms. The van der Waals surface area contributed by atoms with Crippen LogP contribution < -0.4 is 4.74 Å². The summed E-state index contributed by atoms with van der Waals surface area (Å²) in [6.07, 6.45) is 2.20. The monoisotopic (exact) mass is 314 g/mol. The molecule has 2 aromatic rings. The first kappa shape index (κ1) is 15.5. The smallest absolute Gasteiger partial charge is 0.254 e. The first-order valence-corrected chi connectivity index (χ1v) is 7.97. The molecule has 1 aromatic heterocycles. The molecule has 0 fully saturated rings. The number of aryl methyl sites for hydroxylation is 1. The molecular formula is C17H22N4O2. The standard InChI is InChI=1S/C17H22N4O2/c1-12(2)23-14-8-6-13(7-9-14)17(22)20(3)11-16-19-18-15-5-4-10-21(15)16/h6-9,12H,4-5,10-11H2,1-3H3. The number of hydrogen-bond acceptors (Lipinski definition) is 4. The van der Waals surface area contributed by atoms with Crippen LogP contribution in [0.5, 0.6) is 5.75 Å². The van der Waals surface area contributed by atoms with Crippen molar-refractivity contribution in [2.24, 2.45) is 0 Å². The zero-order valence-corrected chi connectivity index (χ0v) is 13.8. The number of carbonyl (C=O) groups is 1. The molecule has 0 saturated carbocycles. The number of hydrogen-bond donors (Lipinski definition) is 0. The SMILES string of the molecule is CC(C)Oc1ccc(C(=O)N(C)Cc2nnc3n2CCC3)cc1. The quantitative estimate of drug-likeness (QED) is 0.849.